The fourth-order valence-electron chi connectivity index (χ4n) is 2.81. The van der Waals surface area contributed by atoms with Crippen molar-refractivity contribution in [2.24, 2.45) is 5.92 Å². The predicted octanol–water partition coefficient (Wildman–Crippen LogP) is 3.58. The second-order valence-corrected chi connectivity index (χ2v) is 7.20. The molecule has 28 heavy (non-hydrogen) atoms. The number of aromatic nitrogens is 2. The smallest absolute Gasteiger partial charge is 0.227 e. The van der Waals surface area contributed by atoms with E-state index in [2.05, 4.69) is 15.3 Å². The first kappa shape index (κ1) is 18.3. The molecule has 1 N–H and O–H groups in total. The zero-order chi connectivity index (χ0) is 19.5. The van der Waals surface area contributed by atoms with Crippen molar-refractivity contribution >= 4 is 17.0 Å². The molecule has 7 heteroatoms. The van der Waals surface area contributed by atoms with Crippen molar-refractivity contribution in [3.05, 3.63) is 36.5 Å². The van der Waals surface area contributed by atoms with Crippen molar-refractivity contribution in [1.82, 2.24) is 15.3 Å². The van der Waals surface area contributed by atoms with Crippen LogP contribution in [-0.4, -0.2) is 35.1 Å². The number of hydrogen-bond donors (Lipinski definition) is 1. The van der Waals surface area contributed by atoms with E-state index in [1.807, 2.05) is 31.2 Å². The summed E-state index contributed by atoms with van der Waals surface area (Å²) in [5.41, 5.74) is 2.13. The van der Waals surface area contributed by atoms with Gasteiger partial charge in [-0.1, -0.05) is 0 Å². The number of nitrogens with one attached hydrogen (secondary N) is 1. The molecule has 146 valence electrons. The van der Waals surface area contributed by atoms with Crippen LogP contribution in [0.2, 0.25) is 0 Å². The van der Waals surface area contributed by atoms with Gasteiger partial charge in [0.2, 0.25) is 17.7 Å². The lowest BCUT2D eigenvalue weighted by molar-refractivity contribution is -0.119. The molecule has 1 aliphatic carbocycles. The molecule has 1 fully saturated rings. The normalized spacial score (nSPS) is 14.6. The number of ether oxygens (including phenoxy) is 2. The maximum absolute atomic E-state index is 11.1. The van der Waals surface area contributed by atoms with Crippen LogP contribution in [-0.2, 0) is 4.79 Å². The lowest BCUT2D eigenvalue weighted by Gasteiger charge is -2.12. The highest BCUT2D eigenvalue weighted by atomic mass is 16.5. The largest absolute Gasteiger partial charge is 0.493 e. The topological polar surface area (TPSA) is 86.5 Å². The zero-order valence-electron chi connectivity index (χ0n) is 16.0. The molecule has 1 saturated carbocycles. The van der Waals surface area contributed by atoms with Gasteiger partial charge in [0.15, 0.2) is 5.58 Å². The van der Waals surface area contributed by atoms with E-state index in [-0.39, 0.29) is 11.9 Å². The number of hydrogen-bond acceptors (Lipinski definition) is 6. The van der Waals surface area contributed by atoms with Gasteiger partial charge >= 0.3 is 0 Å². The Morgan fingerprint density at radius 1 is 1.29 bits per heavy atom. The Bertz CT molecular complexity index is 963. The third kappa shape index (κ3) is 4.60. The van der Waals surface area contributed by atoms with Gasteiger partial charge in [-0.2, -0.15) is 0 Å². The second kappa shape index (κ2) is 7.88. The van der Waals surface area contributed by atoms with Crippen LogP contribution in [0.5, 0.6) is 11.6 Å². The summed E-state index contributed by atoms with van der Waals surface area (Å²) in [5, 5.41) is 2.76. The molecule has 1 amide bonds. The third-order valence-electron chi connectivity index (χ3n) is 4.46. The molecule has 4 rings (SSSR count). The van der Waals surface area contributed by atoms with Gasteiger partial charge in [0.1, 0.15) is 17.9 Å². The molecule has 7 nitrogen and oxygen atoms in total. The SMILES string of the molecule is CC(=O)N[C@@H](C)COc1cc2oc(-c3ccc(OCC4CC4)cc3)nc2cn1. The molecular weight excluding hydrogens is 358 g/mol. The molecule has 0 radical (unpaired) electrons. The van der Waals surface area contributed by atoms with Crippen LogP contribution in [0.15, 0.2) is 40.9 Å². The molecule has 3 aromatic rings. The molecular formula is C21H23N3O4. The number of fused-ring (bicyclic) bond motifs is 1. The fourth-order valence-corrected chi connectivity index (χ4v) is 2.81. The number of amides is 1. The van der Waals surface area contributed by atoms with Gasteiger partial charge in [-0.3, -0.25) is 4.79 Å². The quantitative estimate of drug-likeness (QED) is 0.642. The highest BCUT2D eigenvalue weighted by molar-refractivity contribution is 5.76. The molecule has 0 aliphatic heterocycles. The monoisotopic (exact) mass is 381 g/mol. The second-order valence-electron chi connectivity index (χ2n) is 7.20. The molecule has 0 spiro atoms. The van der Waals surface area contributed by atoms with Crippen molar-refractivity contribution in [2.75, 3.05) is 13.2 Å². The Hall–Kier alpha value is -3.09. The first-order valence-corrected chi connectivity index (χ1v) is 9.46. The van der Waals surface area contributed by atoms with Gasteiger partial charge in [-0.25, -0.2) is 9.97 Å². The highest BCUT2D eigenvalue weighted by Gasteiger charge is 2.21. The lowest BCUT2D eigenvalue weighted by atomic mass is 10.2. The Kier molecular flexibility index (Phi) is 5.14. The zero-order valence-corrected chi connectivity index (χ0v) is 16.0. The number of rotatable bonds is 8. The number of nitrogens with zero attached hydrogens (tertiary/aromatic N) is 2. The van der Waals surface area contributed by atoms with Crippen LogP contribution in [0.25, 0.3) is 22.6 Å². The van der Waals surface area contributed by atoms with Crippen LogP contribution in [0.4, 0.5) is 0 Å². The van der Waals surface area contributed by atoms with Gasteiger partial charge in [-0.15, -0.1) is 0 Å². The average Bonchev–Trinajstić information content (AvgIpc) is 3.41. The summed E-state index contributed by atoms with van der Waals surface area (Å²) in [6.07, 6.45) is 4.16. The number of oxazole rings is 1. The van der Waals surface area contributed by atoms with Gasteiger partial charge in [0.25, 0.3) is 0 Å². The highest BCUT2D eigenvalue weighted by Crippen LogP contribution is 2.30. The van der Waals surface area contributed by atoms with Gasteiger partial charge < -0.3 is 19.2 Å². The summed E-state index contributed by atoms with van der Waals surface area (Å²) in [7, 11) is 0. The van der Waals surface area contributed by atoms with E-state index in [1.165, 1.54) is 19.8 Å². The average molecular weight is 381 g/mol. The van der Waals surface area contributed by atoms with E-state index in [0.29, 0.717) is 29.5 Å². The fraction of sp³-hybridized carbons (Fsp3) is 0.381. The Labute approximate surface area is 163 Å². The van der Waals surface area contributed by atoms with Crippen molar-refractivity contribution in [3.8, 4) is 23.1 Å². The van der Waals surface area contributed by atoms with Gasteiger partial charge in [0.05, 0.1) is 18.8 Å². The first-order chi connectivity index (χ1) is 13.6. The minimum absolute atomic E-state index is 0.0941. The van der Waals surface area contributed by atoms with E-state index >= 15 is 0 Å². The predicted molar refractivity (Wildman–Crippen MR) is 104 cm³/mol. The van der Waals surface area contributed by atoms with Crippen LogP contribution in [0.1, 0.15) is 26.7 Å². The molecule has 0 unspecified atom stereocenters. The van der Waals surface area contributed by atoms with E-state index in [9.17, 15) is 4.79 Å². The maximum Gasteiger partial charge on any atom is 0.227 e. The molecule has 1 aromatic carbocycles. The number of pyridine rings is 1. The molecule has 0 saturated heterocycles. The van der Waals surface area contributed by atoms with Crippen molar-refractivity contribution in [1.29, 1.82) is 0 Å². The summed E-state index contributed by atoms with van der Waals surface area (Å²) in [5.74, 6) is 2.44. The van der Waals surface area contributed by atoms with E-state index < -0.39 is 0 Å². The molecule has 1 aliphatic rings. The number of carbonyl (C=O) groups excluding carboxylic acids is 1. The summed E-state index contributed by atoms with van der Waals surface area (Å²) in [4.78, 5) is 19.8. The van der Waals surface area contributed by atoms with E-state index in [4.69, 9.17) is 13.9 Å². The van der Waals surface area contributed by atoms with Crippen molar-refractivity contribution in [2.45, 2.75) is 32.7 Å². The lowest BCUT2D eigenvalue weighted by Crippen LogP contribution is -2.35. The standard InChI is InChI=1S/C21H23N3O4/c1-13(23-14(2)25)11-27-20-9-19-18(10-22-20)24-21(28-19)16-5-7-17(8-6-16)26-12-15-3-4-15/h5-10,13,15H,3-4,11-12H2,1-2H3,(H,23,25)/t13-/m0/s1. The van der Waals surface area contributed by atoms with Gasteiger partial charge in [-0.05, 0) is 49.9 Å². The number of carbonyl (C=O) groups is 1. The van der Waals surface area contributed by atoms with Gasteiger partial charge in [0, 0.05) is 18.6 Å². The van der Waals surface area contributed by atoms with Crippen LogP contribution in [0, 0.1) is 5.92 Å². The number of benzene rings is 1. The van der Waals surface area contributed by atoms with Crippen molar-refractivity contribution < 1.29 is 18.7 Å². The molecule has 1 atom stereocenters. The summed E-state index contributed by atoms with van der Waals surface area (Å²) in [6, 6.07) is 9.34. The summed E-state index contributed by atoms with van der Waals surface area (Å²) >= 11 is 0. The minimum Gasteiger partial charge on any atom is -0.493 e. The Balaban J connectivity index is 1.43. The molecule has 2 heterocycles. The van der Waals surface area contributed by atoms with E-state index in [1.54, 1.807) is 12.3 Å². The Morgan fingerprint density at radius 2 is 2.07 bits per heavy atom. The Morgan fingerprint density at radius 3 is 2.79 bits per heavy atom. The first-order valence-electron chi connectivity index (χ1n) is 9.46. The minimum atomic E-state index is -0.110. The third-order valence-corrected chi connectivity index (χ3v) is 4.46. The van der Waals surface area contributed by atoms with Crippen LogP contribution in [0.3, 0.4) is 0 Å². The molecule has 0 bridgehead atoms. The van der Waals surface area contributed by atoms with E-state index in [0.717, 1.165) is 23.8 Å². The summed E-state index contributed by atoms with van der Waals surface area (Å²) in [6.45, 7) is 4.45. The van der Waals surface area contributed by atoms with Crippen LogP contribution < -0.4 is 14.8 Å². The summed E-state index contributed by atoms with van der Waals surface area (Å²) < 4.78 is 17.3. The van der Waals surface area contributed by atoms with Crippen molar-refractivity contribution in [3.63, 3.8) is 0 Å². The molecule has 2 aromatic heterocycles. The van der Waals surface area contributed by atoms with Crippen LogP contribution >= 0.6 is 0 Å². The maximum atomic E-state index is 11.1.